The third-order valence-corrected chi connectivity index (χ3v) is 6.22. The van der Waals surface area contributed by atoms with Gasteiger partial charge in [-0.15, -0.1) is 21.5 Å². The number of amides is 1. The average molecular weight is 416 g/mol. The molecule has 1 amide bonds. The van der Waals surface area contributed by atoms with Crippen molar-refractivity contribution in [3.63, 3.8) is 0 Å². The van der Waals surface area contributed by atoms with Crippen LogP contribution in [-0.4, -0.2) is 38.0 Å². The predicted molar refractivity (Wildman–Crippen MR) is 114 cm³/mol. The molecule has 0 aliphatic heterocycles. The Kier molecular flexibility index (Phi) is 7.62. The summed E-state index contributed by atoms with van der Waals surface area (Å²) in [5.41, 5.74) is 2.27. The van der Waals surface area contributed by atoms with E-state index in [9.17, 15) is 4.79 Å². The smallest absolute Gasteiger partial charge is 0.230 e. The van der Waals surface area contributed by atoms with Crippen molar-refractivity contribution in [2.24, 2.45) is 0 Å². The number of nitrogens with zero attached hydrogens (tertiary/aromatic N) is 4. The zero-order valence-electron chi connectivity index (χ0n) is 16.2. The summed E-state index contributed by atoms with van der Waals surface area (Å²) in [4.78, 5) is 16.6. The molecule has 148 valence electrons. The number of hydrogen-bond donors (Lipinski definition) is 1. The van der Waals surface area contributed by atoms with Crippen molar-refractivity contribution in [1.29, 1.82) is 0 Å². The molecule has 0 fully saturated rings. The number of hydrogen-bond acceptors (Lipinski definition) is 6. The summed E-state index contributed by atoms with van der Waals surface area (Å²) in [6.07, 6.45) is 2.97. The van der Waals surface area contributed by atoms with E-state index in [2.05, 4.69) is 38.0 Å². The van der Waals surface area contributed by atoms with E-state index in [-0.39, 0.29) is 5.91 Å². The third-order valence-electron chi connectivity index (χ3n) is 4.22. The van der Waals surface area contributed by atoms with Gasteiger partial charge in [0.05, 0.1) is 17.3 Å². The first-order chi connectivity index (χ1) is 13.6. The zero-order valence-corrected chi connectivity index (χ0v) is 17.9. The maximum Gasteiger partial charge on any atom is 0.230 e. The summed E-state index contributed by atoms with van der Waals surface area (Å²) >= 11 is 3.13. The van der Waals surface area contributed by atoms with Crippen LogP contribution in [0.2, 0.25) is 0 Å². The molecule has 0 aliphatic rings. The van der Waals surface area contributed by atoms with Crippen LogP contribution in [0.5, 0.6) is 0 Å². The molecular formula is C20H25N5OS2. The van der Waals surface area contributed by atoms with Crippen molar-refractivity contribution < 1.29 is 4.79 Å². The fourth-order valence-corrected chi connectivity index (χ4v) is 4.38. The van der Waals surface area contributed by atoms with Gasteiger partial charge in [-0.25, -0.2) is 4.98 Å². The van der Waals surface area contributed by atoms with Gasteiger partial charge in [0.2, 0.25) is 5.91 Å². The second-order valence-corrected chi connectivity index (χ2v) is 8.47. The highest BCUT2D eigenvalue weighted by Gasteiger charge is 2.12. The molecular weight excluding hydrogens is 390 g/mol. The van der Waals surface area contributed by atoms with E-state index in [1.807, 2.05) is 36.6 Å². The fourth-order valence-electron chi connectivity index (χ4n) is 2.74. The quantitative estimate of drug-likeness (QED) is 0.404. The molecule has 0 unspecified atom stereocenters. The van der Waals surface area contributed by atoms with Crippen LogP contribution in [0.15, 0.2) is 40.9 Å². The van der Waals surface area contributed by atoms with Gasteiger partial charge in [-0.3, -0.25) is 4.79 Å². The number of aromatic nitrogens is 4. The Bertz CT molecular complexity index is 891. The monoisotopic (exact) mass is 415 g/mol. The lowest BCUT2D eigenvalue weighted by Crippen LogP contribution is -2.26. The first kappa shape index (κ1) is 20.5. The predicted octanol–water partition coefficient (Wildman–Crippen LogP) is 3.63. The van der Waals surface area contributed by atoms with E-state index in [4.69, 9.17) is 0 Å². The van der Waals surface area contributed by atoms with Crippen LogP contribution < -0.4 is 5.32 Å². The van der Waals surface area contributed by atoms with Gasteiger partial charge in [-0.2, -0.15) is 0 Å². The highest BCUT2D eigenvalue weighted by atomic mass is 32.2. The lowest BCUT2D eigenvalue weighted by Gasteiger charge is -2.09. The van der Waals surface area contributed by atoms with Crippen molar-refractivity contribution in [2.45, 2.75) is 44.8 Å². The van der Waals surface area contributed by atoms with Crippen molar-refractivity contribution in [1.82, 2.24) is 25.1 Å². The van der Waals surface area contributed by atoms with E-state index in [1.54, 1.807) is 11.3 Å². The number of benzene rings is 1. The van der Waals surface area contributed by atoms with Crippen LogP contribution in [0, 0.1) is 13.8 Å². The highest BCUT2D eigenvalue weighted by Crippen LogP contribution is 2.18. The SMILES string of the molecule is Cc1csc(CCCCNC(=O)CSc2nnc(C)n2Cc2ccccc2)n1. The minimum atomic E-state index is 0.0296. The number of unbranched alkanes of at least 4 members (excludes halogenated alkanes) is 1. The molecule has 0 aliphatic carbocycles. The Morgan fingerprint density at radius 2 is 2.00 bits per heavy atom. The van der Waals surface area contributed by atoms with Gasteiger partial charge < -0.3 is 9.88 Å². The summed E-state index contributed by atoms with van der Waals surface area (Å²) in [6.45, 7) is 5.35. The van der Waals surface area contributed by atoms with Crippen molar-refractivity contribution in [3.05, 3.63) is 57.8 Å². The number of carbonyl (C=O) groups is 1. The van der Waals surface area contributed by atoms with Gasteiger partial charge in [0.25, 0.3) is 0 Å². The second-order valence-electron chi connectivity index (χ2n) is 6.58. The summed E-state index contributed by atoms with van der Waals surface area (Å²) in [5.74, 6) is 1.23. The number of thioether (sulfide) groups is 1. The highest BCUT2D eigenvalue weighted by molar-refractivity contribution is 7.99. The van der Waals surface area contributed by atoms with Gasteiger partial charge in [0.1, 0.15) is 5.82 Å². The van der Waals surface area contributed by atoms with Gasteiger partial charge >= 0.3 is 0 Å². The number of thiazole rings is 1. The lowest BCUT2D eigenvalue weighted by atomic mass is 10.2. The van der Waals surface area contributed by atoms with E-state index < -0.39 is 0 Å². The fraction of sp³-hybridized carbons (Fsp3) is 0.400. The summed E-state index contributed by atoms with van der Waals surface area (Å²) in [5, 5.41) is 15.4. The molecule has 0 bridgehead atoms. The maximum atomic E-state index is 12.1. The number of carbonyl (C=O) groups excluding carboxylic acids is 1. The minimum absolute atomic E-state index is 0.0296. The van der Waals surface area contributed by atoms with Crippen molar-refractivity contribution in [3.8, 4) is 0 Å². The number of rotatable bonds is 10. The third kappa shape index (κ3) is 6.17. The van der Waals surface area contributed by atoms with E-state index in [0.29, 0.717) is 18.8 Å². The molecule has 1 aromatic carbocycles. The van der Waals surface area contributed by atoms with Gasteiger partial charge in [0.15, 0.2) is 5.16 Å². The van der Waals surface area contributed by atoms with E-state index in [1.165, 1.54) is 22.3 Å². The van der Waals surface area contributed by atoms with Gasteiger partial charge in [0, 0.05) is 17.6 Å². The first-order valence-electron chi connectivity index (χ1n) is 9.36. The Balaban J connectivity index is 1.38. The molecule has 8 heteroatoms. The topological polar surface area (TPSA) is 72.7 Å². The number of nitrogens with one attached hydrogen (secondary N) is 1. The molecule has 28 heavy (non-hydrogen) atoms. The molecule has 3 aromatic rings. The van der Waals surface area contributed by atoms with Crippen LogP contribution in [0.1, 0.15) is 34.9 Å². The van der Waals surface area contributed by atoms with Gasteiger partial charge in [-0.05, 0) is 38.7 Å². The molecule has 6 nitrogen and oxygen atoms in total. The molecule has 2 aromatic heterocycles. The standard InChI is InChI=1S/C20H25N5OS2/c1-15-13-27-19(22-15)10-6-7-11-21-18(26)14-28-20-24-23-16(2)25(20)12-17-8-4-3-5-9-17/h3-5,8-9,13H,6-7,10-12,14H2,1-2H3,(H,21,26). The van der Waals surface area contributed by atoms with E-state index >= 15 is 0 Å². The van der Waals surface area contributed by atoms with Gasteiger partial charge in [-0.1, -0.05) is 42.1 Å². The van der Waals surface area contributed by atoms with E-state index in [0.717, 1.165) is 35.9 Å². The Hall–Kier alpha value is -2.19. The van der Waals surface area contributed by atoms with Crippen LogP contribution in [0.25, 0.3) is 0 Å². The molecule has 2 heterocycles. The molecule has 0 saturated carbocycles. The molecule has 0 atom stereocenters. The molecule has 0 spiro atoms. The molecule has 3 rings (SSSR count). The molecule has 1 N–H and O–H groups in total. The largest absolute Gasteiger partial charge is 0.355 e. The Morgan fingerprint density at radius 1 is 1.18 bits per heavy atom. The van der Waals surface area contributed by atoms with Crippen LogP contribution in [-0.2, 0) is 17.8 Å². The summed E-state index contributed by atoms with van der Waals surface area (Å²) < 4.78 is 2.04. The minimum Gasteiger partial charge on any atom is -0.355 e. The Morgan fingerprint density at radius 3 is 2.75 bits per heavy atom. The van der Waals surface area contributed by atoms with Crippen LogP contribution in [0.3, 0.4) is 0 Å². The normalized spacial score (nSPS) is 10.9. The van der Waals surface area contributed by atoms with Crippen molar-refractivity contribution >= 4 is 29.0 Å². The molecule has 0 radical (unpaired) electrons. The second kappa shape index (κ2) is 10.4. The molecule has 0 saturated heterocycles. The zero-order chi connectivity index (χ0) is 19.8. The van der Waals surface area contributed by atoms with Crippen molar-refractivity contribution in [2.75, 3.05) is 12.3 Å². The Labute approximate surface area is 173 Å². The average Bonchev–Trinajstić information content (AvgIpc) is 3.26. The lowest BCUT2D eigenvalue weighted by molar-refractivity contribution is -0.118. The number of aryl methyl sites for hydroxylation is 3. The first-order valence-corrected chi connectivity index (χ1v) is 11.2. The summed E-state index contributed by atoms with van der Waals surface area (Å²) in [7, 11) is 0. The van der Waals surface area contributed by atoms with Crippen LogP contribution in [0.4, 0.5) is 0 Å². The summed E-state index contributed by atoms with van der Waals surface area (Å²) in [6, 6.07) is 10.2. The maximum absolute atomic E-state index is 12.1. The van der Waals surface area contributed by atoms with Crippen LogP contribution >= 0.6 is 23.1 Å².